The van der Waals surface area contributed by atoms with Crippen molar-refractivity contribution < 1.29 is 24.2 Å². The van der Waals surface area contributed by atoms with Crippen LogP contribution in [0.5, 0.6) is 5.75 Å². The maximum Gasteiger partial charge on any atom is 0.119 e. The minimum absolute atomic E-state index is 0. The van der Waals surface area contributed by atoms with E-state index in [1.165, 1.54) is 0 Å². The highest BCUT2D eigenvalue weighted by molar-refractivity contribution is 5.85. The van der Waals surface area contributed by atoms with E-state index in [0.717, 1.165) is 12.0 Å². The molecule has 0 aliphatic heterocycles. The molecule has 1 atom stereocenters. The third kappa shape index (κ3) is 8.38. The van der Waals surface area contributed by atoms with Gasteiger partial charge in [0.1, 0.15) is 18.5 Å². The molecule has 0 fully saturated rings. The van der Waals surface area contributed by atoms with Crippen molar-refractivity contribution in [2.45, 2.75) is 32.2 Å². The van der Waals surface area contributed by atoms with Gasteiger partial charge in [0.2, 0.25) is 0 Å². The molecule has 2 N–H and O–H groups in total. The Morgan fingerprint density at radius 2 is 2.05 bits per heavy atom. The Hall–Kier alpha value is -0.810. The predicted molar refractivity (Wildman–Crippen MR) is 83.9 cm³/mol. The van der Waals surface area contributed by atoms with Gasteiger partial charge >= 0.3 is 0 Å². The van der Waals surface area contributed by atoms with Crippen LogP contribution in [0, 0.1) is 0 Å². The molecule has 0 saturated carbocycles. The van der Waals surface area contributed by atoms with Gasteiger partial charge in [-0.25, -0.2) is 0 Å². The van der Waals surface area contributed by atoms with E-state index in [0.29, 0.717) is 12.4 Å². The van der Waals surface area contributed by atoms with E-state index < -0.39 is 32.4 Å². The van der Waals surface area contributed by atoms with Gasteiger partial charge in [-0.3, -0.25) is 0 Å². The number of aliphatic hydroxyl groups is 1. The molecule has 116 valence electrons. The summed E-state index contributed by atoms with van der Waals surface area (Å²) in [4.78, 5) is 0. The second kappa shape index (κ2) is 10.9. The molecule has 0 saturated heterocycles. The average Bonchev–Trinajstić information content (AvgIpc) is 2.54. The van der Waals surface area contributed by atoms with E-state index in [4.69, 9.17) is 19.1 Å². The van der Waals surface area contributed by atoms with E-state index in [-0.39, 0.29) is 19.0 Å². The molecule has 1 rings (SSSR count). The highest BCUT2D eigenvalue weighted by Crippen LogP contribution is 2.12. The number of hydrogen-bond donors (Lipinski definition) is 2. The van der Waals surface area contributed by atoms with Crippen LogP contribution >= 0.6 is 12.4 Å². The Labute approximate surface area is 137 Å². The Balaban J connectivity index is 0.00000676. The molecule has 20 heavy (non-hydrogen) atoms. The van der Waals surface area contributed by atoms with Crippen molar-refractivity contribution >= 4 is 12.4 Å². The molecule has 5 heteroatoms. The number of hydrogen-bond acceptors (Lipinski definition) is 4. The van der Waals surface area contributed by atoms with Crippen LogP contribution < -0.4 is 10.1 Å². The van der Waals surface area contributed by atoms with Crippen LogP contribution in [0.4, 0.5) is 0 Å². The summed E-state index contributed by atoms with van der Waals surface area (Å²) in [6.07, 6.45) is -0.420. The van der Waals surface area contributed by atoms with Gasteiger partial charge in [0.05, 0.1) is 6.61 Å². The predicted octanol–water partition coefficient (Wildman–Crippen LogP) is 2.04. The van der Waals surface area contributed by atoms with Crippen LogP contribution in [0.1, 0.15) is 28.9 Å². The molecule has 0 bridgehead atoms. The van der Waals surface area contributed by atoms with Crippen molar-refractivity contribution in [1.29, 1.82) is 0 Å². The molecule has 0 aromatic heterocycles. The first-order valence-corrected chi connectivity index (χ1v) is 6.04. The van der Waals surface area contributed by atoms with Gasteiger partial charge in [0.15, 0.2) is 0 Å². The largest absolute Gasteiger partial charge is 0.491 e. The molecular formula is C15H26ClNO3. The van der Waals surface area contributed by atoms with E-state index in [9.17, 15) is 5.11 Å². The standard InChI is InChI=1S/C15H25NO3.ClH/c1-12(2)16-10-14(17)11-19-15-6-4-13(5-7-15)8-9-18-3;/h4-7,12,14,16-17H,8-11H2,1-3H3;1H/i1D3,2D3,12D;. The van der Waals surface area contributed by atoms with Gasteiger partial charge in [0.25, 0.3) is 0 Å². The van der Waals surface area contributed by atoms with E-state index in [1.807, 2.05) is 12.1 Å². The quantitative estimate of drug-likeness (QED) is 0.733. The first kappa shape index (κ1) is 10.0. The minimum atomic E-state index is -3.09. The molecular weight excluding hydrogens is 278 g/mol. The molecule has 4 nitrogen and oxygen atoms in total. The Morgan fingerprint density at radius 1 is 1.35 bits per heavy atom. The highest BCUT2D eigenvalue weighted by atomic mass is 35.5. The summed E-state index contributed by atoms with van der Waals surface area (Å²) in [5, 5.41) is 12.1. The summed E-state index contributed by atoms with van der Waals surface area (Å²) in [7, 11) is 1.62. The van der Waals surface area contributed by atoms with Crippen LogP contribution in [0.15, 0.2) is 24.3 Å². The number of nitrogens with one attached hydrogen (secondary N) is 1. The number of rotatable bonds is 9. The minimum Gasteiger partial charge on any atom is -0.491 e. The van der Waals surface area contributed by atoms with E-state index in [2.05, 4.69) is 5.32 Å². The lowest BCUT2D eigenvalue weighted by Crippen LogP contribution is -2.35. The van der Waals surface area contributed by atoms with Gasteiger partial charge in [-0.05, 0) is 24.1 Å². The first-order valence-electron chi connectivity index (χ1n) is 9.54. The van der Waals surface area contributed by atoms with Gasteiger partial charge in [-0.2, -0.15) is 0 Å². The zero-order valence-electron chi connectivity index (χ0n) is 18.4. The number of methoxy groups -OCH3 is 1. The van der Waals surface area contributed by atoms with Crippen LogP contribution in [-0.2, 0) is 11.2 Å². The normalized spacial score (nSPS) is 19.0. The lowest BCUT2D eigenvalue weighted by atomic mass is 10.1. The zero-order chi connectivity index (χ0) is 20.0. The molecule has 0 heterocycles. The lowest BCUT2D eigenvalue weighted by molar-refractivity contribution is 0.104. The third-order valence-corrected chi connectivity index (χ3v) is 2.48. The van der Waals surface area contributed by atoms with Gasteiger partial charge in [-0.1, -0.05) is 25.8 Å². The fraction of sp³-hybridized carbons (Fsp3) is 0.600. The second-order valence-electron chi connectivity index (χ2n) is 4.11. The molecule has 0 aliphatic rings. The topological polar surface area (TPSA) is 50.7 Å². The van der Waals surface area contributed by atoms with Gasteiger partial charge in [0, 0.05) is 29.3 Å². The van der Waals surface area contributed by atoms with Crippen molar-refractivity contribution in [1.82, 2.24) is 5.32 Å². The number of aliphatic hydroxyl groups excluding tert-OH is 1. The van der Waals surface area contributed by atoms with Crippen LogP contribution in [-0.4, -0.2) is 44.1 Å². The number of ether oxygens (including phenoxy) is 2. The van der Waals surface area contributed by atoms with Crippen molar-refractivity contribution in [3.63, 3.8) is 0 Å². The maximum atomic E-state index is 9.92. The third-order valence-electron chi connectivity index (χ3n) is 2.48. The Morgan fingerprint density at radius 3 is 2.65 bits per heavy atom. The summed E-state index contributed by atoms with van der Waals surface area (Å²) < 4.78 is 61.9. The zero-order valence-corrected chi connectivity index (χ0v) is 12.2. The fourth-order valence-electron chi connectivity index (χ4n) is 1.44. The number of benzene rings is 1. The Kier molecular flexibility index (Phi) is 5.46. The van der Waals surface area contributed by atoms with Crippen molar-refractivity contribution in [2.75, 3.05) is 26.9 Å². The molecule has 0 radical (unpaired) electrons. The van der Waals surface area contributed by atoms with E-state index in [1.54, 1.807) is 19.2 Å². The van der Waals surface area contributed by atoms with E-state index >= 15 is 0 Å². The fourth-order valence-corrected chi connectivity index (χ4v) is 1.44. The highest BCUT2D eigenvalue weighted by Gasteiger charge is 2.05. The van der Waals surface area contributed by atoms with Gasteiger partial charge < -0.3 is 19.9 Å². The molecule has 1 aromatic carbocycles. The first-order chi connectivity index (χ1) is 11.9. The molecule has 1 aromatic rings. The summed E-state index contributed by atoms with van der Waals surface area (Å²) in [6.45, 7) is -6.16. The van der Waals surface area contributed by atoms with Crippen LogP contribution in [0.2, 0.25) is 0 Å². The molecule has 0 aliphatic carbocycles. The van der Waals surface area contributed by atoms with Crippen LogP contribution in [0.3, 0.4) is 0 Å². The van der Waals surface area contributed by atoms with Gasteiger partial charge in [-0.15, -0.1) is 12.4 Å². The summed E-state index contributed by atoms with van der Waals surface area (Å²) in [5.41, 5.74) is 1.07. The molecule has 0 amide bonds. The lowest BCUT2D eigenvalue weighted by Gasteiger charge is -2.15. The van der Waals surface area contributed by atoms with Crippen molar-refractivity contribution in [3.8, 4) is 5.75 Å². The second-order valence-corrected chi connectivity index (χ2v) is 4.11. The molecule has 0 spiro atoms. The summed E-state index contributed by atoms with van der Waals surface area (Å²) in [5.74, 6) is 0.508. The monoisotopic (exact) mass is 310 g/mol. The maximum absolute atomic E-state index is 9.92. The molecule has 1 unspecified atom stereocenters. The van der Waals surface area contributed by atoms with Crippen LogP contribution in [0.25, 0.3) is 0 Å². The number of halogens is 1. The average molecular weight is 311 g/mol. The summed E-state index contributed by atoms with van der Waals surface area (Å²) >= 11 is 0. The van der Waals surface area contributed by atoms with Crippen molar-refractivity contribution in [3.05, 3.63) is 29.8 Å². The SMILES string of the molecule is Cl.[2H]C([2H])([2H])C([2H])(NCC(O)COc1ccc(CCOC)cc1)C([2H])([2H])[2H]. The smallest absolute Gasteiger partial charge is 0.119 e. The Bertz CT molecular complexity index is 538. The summed E-state index contributed by atoms with van der Waals surface area (Å²) in [6, 6.07) is 4.30. The van der Waals surface area contributed by atoms with Crippen molar-refractivity contribution in [2.24, 2.45) is 0 Å².